The second-order valence-corrected chi connectivity index (χ2v) is 8.23. The van der Waals surface area contributed by atoms with Gasteiger partial charge in [0, 0.05) is 16.5 Å². The molecule has 172 valence electrons. The van der Waals surface area contributed by atoms with E-state index < -0.39 is 30.1 Å². The molecule has 2 aromatic rings. The Hall–Kier alpha value is -2.77. The third-order valence-electron chi connectivity index (χ3n) is 4.71. The third-order valence-corrected chi connectivity index (χ3v) is 5.42. The number of hydrogen-bond donors (Lipinski definition) is 2. The van der Waals surface area contributed by atoms with Crippen LogP contribution in [0.25, 0.3) is 0 Å². The van der Waals surface area contributed by atoms with Crippen molar-refractivity contribution in [1.82, 2.24) is 10.6 Å². The van der Waals surface area contributed by atoms with Gasteiger partial charge in [0.15, 0.2) is 0 Å². The van der Waals surface area contributed by atoms with Crippen LogP contribution in [0.5, 0.6) is 0 Å². The van der Waals surface area contributed by atoms with Gasteiger partial charge in [0.1, 0.15) is 18.7 Å². The van der Waals surface area contributed by atoms with Crippen LogP contribution in [0.1, 0.15) is 25.0 Å². The normalized spacial score (nSPS) is 12.6. The standard InChI is InChI=1S/C23H26Cl2N2O5/c1-14(2)20(27-23(30)32-13-15-8-5-4-6-9-15)21(28)26-19(22(29)31-3)12-16-17(24)10-7-11-18(16)25/h4-11,14,19-20H,12-13H2,1-3H3,(H,26,28)(H,27,30)/t19-,20-/m0/s1. The number of amides is 2. The van der Waals surface area contributed by atoms with Crippen LogP contribution in [0.4, 0.5) is 4.79 Å². The van der Waals surface area contributed by atoms with Crippen LogP contribution < -0.4 is 10.6 Å². The maximum Gasteiger partial charge on any atom is 0.408 e. The van der Waals surface area contributed by atoms with E-state index in [1.807, 2.05) is 30.3 Å². The Bertz CT molecular complexity index is 917. The van der Waals surface area contributed by atoms with Crippen molar-refractivity contribution >= 4 is 41.2 Å². The SMILES string of the molecule is COC(=O)[C@H](Cc1c(Cl)cccc1Cl)NC(=O)[C@@H](NC(=O)OCc1ccccc1)C(C)C. The maximum absolute atomic E-state index is 12.9. The van der Waals surface area contributed by atoms with Gasteiger partial charge in [-0.1, -0.05) is 73.4 Å². The molecule has 0 spiro atoms. The lowest BCUT2D eigenvalue weighted by molar-refractivity contribution is -0.145. The summed E-state index contributed by atoms with van der Waals surface area (Å²) in [7, 11) is 1.22. The summed E-state index contributed by atoms with van der Waals surface area (Å²) in [5, 5.41) is 5.92. The minimum absolute atomic E-state index is 0.0280. The van der Waals surface area contributed by atoms with Crippen LogP contribution >= 0.6 is 23.2 Å². The highest BCUT2D eigenvalue weighted by atomic mass is 35.5. The lowest BCUT2D eigenvalue weighted by Crippen LogP contribution is -2.54. The lowest BCUT2D eigenvalue weighted by Gasteiger charge is -2.24. The van der Waals surface area contributed by atoms with Gasteiger partial charge in [-0.15, -0.1) is 0 Å². The molecule has 0 bridgehead atoms. The second kappa shape index (κ2) is 12.3. The first-order valence-electron chi connectivity index (χ1n) is 10.0. The molecule has 2 N–H and O–H groups in total. The van der Waals surface area contributed by atoms with Gasteiger partial charge in [-0.25, -0.2) is 9.59 Å². The maximum atomic E-state index is 12.9. The number of alkyl carbamates (subject to hydrolysis) is 1. The molecule has 0 radical (unpaired) electrons. The van der Waals surface area contributed by atoms with Crippen molar-refractivity contribution < 1.29 is 23.9 Å². The predicted molar refractivity (Wildman–Crippen MR) is 123 cm³/mol. The summed E-state index contributed by atoms with van der Waals surface area (Å²) in [4.78, 5) is 37.5. The zero-order valence-corrected chi connectivity index (χ0v) is 19.6. The minimum atomic E-state index is -1.05. The molecule has 2 amide bonds. The van der Waals surface area contributed by atoms with E-state index >= 15 is 0 Å². The third kappa shape index (κ3) is 7.43. The summed E-state index contributed by atoms with van der Waals surface area (Å²) in [5.74, 6) is -1.50. The van der Waals surface area contributed by atoms with Crippen LogP contribution in [0, 0.1) is 5.92 Å². The fourth-order valence-electron chi connectivity index (χ4n) is 2.96. The Morgan fingerprint density at radius 3 is 2.12 bits per heavy atom. The highest BCUT2D eigenvalue weighted by Gasteiger charge is 2.30. The summed E-state index contributed by atoms with van der Waals surface area (Å²) in [5.41, 5.74) is 1.32. The Morgan fingerprint density at radius 1 is 0.938 bits per heavy atom. The molecule has 9 heteroatoms. The molecule has 2 atom stereocenters. The molecule has 0 aliphatic rings. The summed E-state index contributed by atoms with van der Waals surface area (Å²) < 4.78 is 10.0. The van der Waals surface area contributed by atoms with Crippen LogP contribution in [0.15, 0.2) is 48.5 Å². The summed E-state index contributed by atoms with van der Waals surface area (Å²) in [6.45, 7) is 3.59. The van der Waals surface area contributed by atoms with Gasteiger partial charge in [-0.2, -0.15) is 0 Å². The number of hydrogen-bond acceptors (Lipinski definition) is 5. The molecule has 0 aromatic heterocycles. The van der Waals surface area contributed by atoms with Crippen molar-refractivity contribution in [2.24, 2.45) is 5.92 Å². The van der Waals surface area contributed by atoms with Crippen LogP contribution in [0.3, 0.4) is 0 Å². The highest BCUT2D eigenvalue weighted by molar-refractivity contribution is 6.36. The van der Waals surface area contributed by atoms with Gasteiger partial charge < -0.3 is 20.1 Å². The summed E-state index contributed by atoms with van der Waals surface area (Å²) in [6, 6.07) is 12.1. The number of methoxy groups -OCH3 is 1. The van der Waals surface area contributed by atoms with Gasteiger partial charge in [0.25, 0.3) is 0 Å². The highest BCUT2D eigenvalue weighted by Crippen LogP contribution is 2.25. The lowest BCUT2D eigenvalue weighted by atomic mass is 10.0. The van der Waals surface area contributed by atoms with Gasteiger partial charge in [0.2, 0.25) is 5.91 Å². The number of esters is 1. The quantitative estimate of drug-likeness (QED) is 0.525. The summed E-state index contributed by atoms with van der Waals surface area (Å²) in [6.07, 6.45) is -0.716. The fraction of sp³-hybridized carbons (Fsp3) is 0.348. The van der Waals surface area contributed by atoms with Gasteiger partial charge in [0.05, 0.1) is 7.11 Å². The number of rotatable bonds is 9. The molecule has 0 aliphatic heterocycles. The van der Waals surface area contributed by atoms with Crippen molar-refractivity contribution in [1.29, 1.82) is 0 Å². The van der Waals surface area contributed by atoms with Crippen molar-refractivity contribution in [3.8, 4) is 0 Å². The van der Waals surface area contributed by atoms with E-state index in [1.54, 1.807) is 32.0 Å². The van der Waals surface area contributed by atoms with Gasteiger partial charge in [-0.3, -0.25) is 4.79 Å². The van der Waals surface area contributed by atoms with E-state index in [-0.39, 0.29) is 18.9 Å². The number of carbonyl (C=O) groups is 3. The molecule has 0 saturated heterocycles. The first kappa shape index (κ1) is 25.5. The number of carbonyl (C=O) groups excluding carboxylic acids is 3. The summed E-state index contributed by atoms with van der Waals surface area (Å²) >= 11 is 12.4. The zero-order valence-electron chi connectivity index (χ0n) is 18.1. The van der Waals surface area contributed by atoms with Crippen molar-refractivity contribution in [2.45, 2.75) is 39.0 Å². The predicted octanol–water partition coefficient (Wildman–Crippen LogP) is 4.14. The number of halogens is 2. The van der Waals surface area contributed by atoms with E-state index in [0.717, 1.165) is 5.56 Å². The van der Waals surface area contributed by atoms with E-state index in [1.165, 1.54) is 7.11 Å². The van der Waals surface area contributed by atoms with E-state index in [4.69, 9.17) is 32.7 Å². The smallest absolute Gasteiger partial charge is 0.408 e. The van der Waals surface area contributed by atoms with Crippen molar-refractivity contribution in [3.05, 3.63) is 69.7 Å². The van der Waals surface area contributed by atoms with Gasteiger partial charge in [-0.05, 0) is 29.2 Å². The topological polar surface area (TPSA) is 93.7 Å². The average molecular weight is 481 g/mol. The molecule has 0 aliphatic carbocycles. The Labute approximate surface area is 197 Å². The molecule has 0 fully saturated rings. The number of benzene rings is 2. The molecule has 2 aromatic carbocycles. The van der Waals surface area contributed by atoms with E-state index in [2.05, 4.69) is 10.6 Å². The molecule has 0 saturated carbocycles. The largest absolute Gasteiger partial charge is 0.467 e. The Kier molecular flexibility index (Phi) is 9.81. The van der Waals surface area contributed by atoms with Crippen molar-refractivity contribution in [3.63, 3.8) is 0 Å². The molecular formula is C23H26Cl2N2O5. The van der Waals surface area contributed by atoms with Crippen LogP contribution in [-0.4, -0.2) is 37.2 Å². The minimum Gasteiger partial charge on any atom is -0.467 e. The molecular weight excluding hydrogens is 455 g/mol. The van der Waals surface area contributed by atoms with Crippen LogP contribution in [-0.2, 0) is 32.1 Å². The Morgan fingerprint density at radius 2 is 1.56 bits per heavy atom. The monoisotopic (exact) mass is 480 g/mol. The number of nitrogens with one attached hydrogen (secondary N) is 2. The molecule has 32 heavy (non-hydrogen) atoms. The van der Waals surface area contributed by atoms with Crippen LogP contribution in [0.2, 0.25) is 10.0 Å². The second-order valence-electron chi connectivity index (χ2n) is 7.42. The average Bonchev–Trinajstić information content (AvgIpc) is 2.77. The zero-order chi connectivity index (χ0) is 23.7. The first-order chi connectivity index (χ1) is 15.2. The Balaban J connectivity index is 2.07. The van der Waals surface area contributed by atoms with E-state index in [0.29, 0.717) is 15.6 Å². The fourth-order valence-corrected chi connectivity index (χ4v) is 3.51. The molecule has 0 heterocycles. The van der Waals surface area contributed by atoms with Gasteiger partial charge >= 0.3 is 12.1 Å². The number of ether oxygens (including phenoxy) is 2. The van der Waals surface area contributed by atoms with E-state index in [9.17, 15) is 14.4 Å². The molecule has 7 nitrogen and oxygen atoms in total. The molecule has 0 unspecified atom stereocenters. The van der Waals surface area contributed by atoms with Crippen molar-refractivity contribution in [2.75, 3.05) is 7.11 Å². The molecule has 2 rings (SSSR count). The first-order valence-corrected chi connectivity index (χ1v) is 10.8.